The van der Waals surface area contributed by atoms with Crippen LogP contribution in [0.2, 0.25) is 0 Å². The number of hydrogen-bond acceptors (Lipinski definition) is 4. The lowest BCUT2D eigenvalue weighted by atomic mass is 9.98. The van der Waals surface area contributed by atoms with E-state index in [1.165, 1.54) is 12.0 Å². The number of carbonyl (C=O) groups is 1. The van der Waals surface area contributed by atoms with Gasteiger partial charge >= 0.3 is 0 Å². The molecular formula is C20H26ClN3O3S. The van der Waals surface area contributed by atoms with Crippen molar-refractivity contribution in [2.45, 2.75) is 19.8 Å². The monoisotopic (exact) mass is 423 g/mol. The molecule has 1 amide bonds. The topological polar surface area (TPSA) is 87.3 Å². The fourth-order valence-electron chi connectivity index (χ4n) is 3.29. The number of amides is 1. The lowest BCUT2D eigenvalue weighted by Crippen LogP contribution is -2.14. The van der Waals surface area contributed by atoms with Crippen LogP contribution in [0.15, 0.2) is 42.5 Å². The molecule has 2 aromatic rings. The molecule has 1 aliphatic heterocycles. The molecule has 0 aliphatic carbocycles. The smallest absolute Gasteiger partial charge is 0.255 e. The zero-order valence-corrected chi connectivity index (χ0v) is 17.6. The molecule has 1 fully saturated rings. The van der Waals surface area contributed by atoms with Gasteiger partial charge in [-0.25, -0.2) is 8.42 Å². The largest absolute Gasteiger partial charge is 0.322 e. The highest BCUT2D eigenvalue weighted by Gasteiger charge is 2.15. The van der Waals surface area contributed by atoms with Gasteiger partial charge in [0.15, 0.2) is 0 Å². The van der Waals surface area contributed by atoms with Gasteiger partial charge < -0.3 is 10.6 Å². The Balaban J connectivity index is 0.00000280. The molecule has 0 spiro atoms. The van der Waals surface area contributed by atoms with Crippen molar-refractivity contribution in [3.05, 3.63) is 59.2 Å². The summed E-state index contributed by atoms with van der Waals surface area (Å²) in [5.41, 5.74) is 3.75. The van der Waals surface area contributed by atoms with Crippen LogP contribution in [-0.4, -0.2) is 33.7 Å². The van der Waals surface area contributed by atoms with Gasteiger partial charge in [-0.2, -0.15) is 0 Å². The summed E-state index contributed by atoms with van der Waals surface area (Å²) in [6.45, 7) is 3.97. The van der Waals surface area contributed by atoms with E-state index in [2.05, 4.69) is 15.4 Å². The van der Waals surface area contributed by atoms with Gasteiger partial charge in [0.25, 0.3) is 5.91 Å². The molecule has 0 radical (unpaired) electrons. The highest BCUT2D eigenvalue weighted by atomic mass is 35.5. The normalized spacial score (nSPS) is 16.3. The van der Waals surface area contributed by atoms with E-state index in [0.29, 0.717) is 22.9 Å². The highest BCUT2D eigenvalue weighted by Crippen LogP contribution is 2.21. The van der Waals surface area contributed by atoms with Crippen molar-refractivity contribution in [2.75, 3.05) is 29.4 Å². The first-order chi connectivity index (χ1) is 12.8. The van der Waals surface area contributed by atoms with E-state index in [4.69, 9.17) is 0 Å². The van der Waals surface area contributed by atoms with Crippen LogP contribution >= 0.6 is 12.4 Å². The van der Waals surface area contributed by atoms with E-state index in [9.17, 15) is 13.2 Å². The maximum absolute atomic E-state index is 12.5. The predicted molar refractivity (Wildman–Crippen MR) is 116 cm³/mol. The summed E-state index contributed by atoms with van der Waals surface area (Å²) >= 11 is 0. The molecule has 1 aliphatic rings. The van der Waals surface area contributed by atoms with Gasteiger partial charge in [0, 0.05) is 16.9 Å². The van der Waals surface area contributed by atoms with E-state index in [1.54, 1.807) is 18.2 Å². The maximum atomic E-state index is 12.5. The number of anilines is 2. The number of aryl methyl sites for hydroxylation is 1. The third-order valence-corrected chi connectivity index (χ3v) is 5.29. The van der Waals surface area contributed by atoms with Gasteiger partial charge in [0.2, 0.25) is 10.0 Å². The van der Waals surface area contributed by atoms with Crippen LogP contribution < -0.4 is 15.4 Å². The van der Waals surface area contributed by atoms with E-state index < -0.39 is 10.0 Å². The quantitative estimate of drug-likeness (QED) is 0.665. The predicted octanol–water partition coefficient (Wildman–Crippen LogP) is 3.19. The van der Waals surface area contributed by atoms with Crippen LogP contribution in [-0.2, 0) is 16.4 Å². The number of nitrogens with one attached hydrogen (secondary N) is 3. The average Bonchev–Trinajstić information content (AvgIpc) is 3.09. The Bertz CT molecular complexity index is 924. The zero-order valence-electron chi connectivity index (χ0n) is 16.0. The first-order valence-electron chi connectivity index (χ1n) is 8.99. The van der Waals surface area contributed by atoms with Gasteiger partial charge in [0.1, 0.15) is 0 Å². The number of hydrogen-bond donors (Lipinski definition) is 3. The minimum Gasteiger partial charge on any atom is -0.322 e. The SMILES string of the molecule is Cc1cc(NS(C)(=O)=O)ccc1NC(=O)c1ccc(CC2CCNC2)cc1.Cl. The Morgan fingerprint density at radius 2 is 1.89 bits per heavy atom. The summed E-state index contributed by atoms with van der Waals surface area (Å²) in [6.07, 6.45) is 3.33. The number of sulfonamides is 1. The highest BCUT2D eigenvalue weighted by molar-refractivity contribution is 7.92. The molecule has 2 aromatic carbocycles. The standard InChI is InChI=1S/C20H25N3O3S.ClH/c1-14-11-18(23-27(2,25)26)7-8-19(14)22-20(24)17-5-3-15(4-6-17)12-16-9-10-21-13-16;/h3-8,11,16,21,23H,9-10,12-13H2,1-2H3,(H,22,24);1H. The van der Waals surface area contributed by atoms with Gasteiger partial charge in [0.05, 0.1) is 6.26 Å². The second-order valence-corrected chi connectivity index (χ2v) is 8.87. The molecule has 8 heteroatoms. The molecular weight excluding hydrogens is 398 g/mol. The van der Waals surface area contributed by atoms with Crippen molar-refractivity contribution in [3.8, 4) is 0 Å². The first-order valence-corrected chi connectivity index (χ1v) is 10.9. The van der Waals surface area contributed by atoms with Gasteiger partial charge in [-0.15, -0.1) is 12.4 Å². The number of benzene rings is 2. The Hall–Kier alpha value is -2.09. The van der Waals surface area contributed by atoms with Crippen LogP contribution in [0.1, 0.15) is 27.9 Å². The van der Waals surface area contributed by atoms with E-state index >= 15 is 0 Å². The van der Waals surface area contributed by atoms with Crippen molar-refractivity contribution in [1.82, 2.24) is 5.32 Å². The molecule has 1 heterocycles. The summed E-state index contributed by atoms with van der Waals surface area (Å²) in [5, 5.41) is 6.25. The van der Waals surface area contributed by atoms with Crippen LogP contribution in [0.5, 0.6) is 0 Å². The molecule has 1 atom stereocenters. The molecule has 0 bridgehead atoms. The molecule has 0 aromatic heterocycles. The Morgan fingerprint density at radius 3 is 2.46 bits per heavy atom. The first kappa shape index (κ1) is 22.2. The fraction of sp³-hybridized carbons (Fsp3) is 0.350. The summed E-state index contributed by atoms with van der Waals surface area (Å²) in [4.78, 5) is 12.5. The van der Waals surface area contributed by atoms with Crippen molar-refractivity contribution in [2.24, 2.45) is 5.92 Å². The minimum atomic E-state index is -3.33. The van der Waals surface area contributed by atoms with Crippen LogP contribution in [0.3, 0.4) is 0 Å². The second-order valence-electron chi connectivity index (χ2n) is 7.12. The molecule has 1 saturated heterocycles. The van der Waals surface area contributed by atoms with Gasteiger partial charge in [-0.1, -0.05) is 12.1 Å². The number of carbonyl (C=O) groups excluding carboxylic acids is 1. The van der Waals surface area contributed by atoms with Gasteiger partial charge in [-0.3, -0.25) is 9.52 Å². The van der Waals surface area contributed by atoms with E-state index in [-0.39, 0.29) is 18.3 Å². The molecule has 6 nitrogen and oxygen atoms in total. The Kier molecular flexibility index (Phi) is 7.46. The van der Waals surface area contributed by atoms with Crippen LogP contribution in [0.4, 0.5) is 11.4 Å². The van der Waals surface area contributed by atoms with Crippen molar-refractivity contribution in [3.63, 3.8) is 0 Å². The third-order valence-electron chi connectivity index (χ3n) is 4.68. The molecule has 28 heavy (non-hydrogen) atoms. The van der Waals surface area contributed by atoms with E-state index in [1.807, 2.05) is 31.2 Å². The lowest BCUT2D eigenvalue weighted by molar-refractivity contribution is 0.102. The lowest BCUT2D eigenvalue weighted by Gasteiger charge is -2.12. The van der Waals surface area contributed by atoms with E-state index in [0.717, 1.165) is 31.3 Å². The van der Waals surface area contributed by atoms with Crippen molar-refractivity contribution < 1.29 is 13.2 Å². The number of rotatable bonds is 6. The fourth-order valence-corrected chi connectivity index (χ4v) is 3.85. The molecule has 152 valence electrons. The van der Waals surface area contributed by atoms with Crippen LogP contribution in [0, 0.1) is 12.8 Å². The zero-order chi connectivity index (χ0) is 19.4. The number of halogens is 1. The summed E-state index contributed by atoms with van der Waals surface area (Å²) < 4.78 is 25.0. The molecule has 3 N–H and O–H groups in total. The van der Waals surface area contributed by atoms with Crippen molar-refractivity contribution >= 4 is 39.7 Å². The minimum absolute atomic E-state index is 0. The van der Waals surface area contributed by atoms with Gasteiger partial charge in [-0.05, 0) is 80.2 Å². The average molecular weight is 424 g/mol. The summed E-state index contributed by atoms with van der Waals surface area (Å²) in [6, 6.07) is 12.7. The maximum Gasteiger partial charge on any atom is 0.255 e. The third kappa shape index (κ3) is 6.22. The summed E-state index contributed by atoms with van der Waals surface area (Å²) in [7, 11) is -3.33. The molecule has 0 saturated carbocycles. The second kappa shape index (κ2) is 9.41. The summed E-state index contributed by atoms with van der Waals surface area (Å²) in [5.74, 6) is 0.488. The Labute approximate surface area is 172 Å². The Morgan fingerprint density at radius 1 is 1.18 bits per heavy atom. The molecule has 3 rings (SSSR count). The van der Waals surface area contributed by atoms with Crippen molar-refractivity contribution in [1.29, 1.82) is 0 Å². The van der Waals surface area contributed by atoms with Crippen LogP contribution in [0.25, 0.3) is 0 Å². The molecule has 1 unspecified atom stereocenters.